The molecule has 30 heavy (non-hydrogen) atoms. The Morgan fingerprint density at radius 2 is 2.03 bits per heavy atom. The summed E-state index contributed by atoms with van der Waals surface area (Å²) in [5.74, 6) is 0.992. The van der Waals surface area contributed by atoms with Crippen molar-refractivity contribution in [2.75, 3.05) is 20.3 Å². The Balaban J connectivity index is 1.66. The van der Waals surface area contributed by atoms with Gasteiger partial charge in [-0.1, -0.05) is 18.2 Å². The predicted molar refractivity (Wildman–Crippen MR) is 115 cm³/mol. The number of β-amino-alcohol motifs (C(OH)–C–C–N with tert-alkyl or cyclic N) is 1. The molecule has 3 heterocycles. The minimum Gasteiger partial charge on any atom is -0.465 e. The van der Waals surface area contributed by atoms with Gasteiger partial charge in [0.05, 0.1) is 31.0 Å². The molecule has 0 aliphatic carbocycles. The predicted octanol–water partition coefficient (Wildman–Crippen LogP) is 3.09. The molecule has 2 atom stereocenters. The van der Waals surface area contributed by atoms with E-state index in [1.165, 1.54) is 7.11 Å². The summed E-state index contributed by atoms with van der Waals surface area (Å²) in [6.45, 7) is 0.347. The van der Waals surface area contributed by atoms with Crippen LogP contribution in [0.2, 0.25) is 0 Å². The monoisotopic (exact) mass is 423 g/mol. The van der Waals surface area contributed by atoms with E-state index < -0.39 is 0 Å². The number of aliphatic hydroxyl groups is 1. The van der Waals surface area contributed by atoms with Gasteiger partial charge in [0.25, 0.3) is 0 Å². The maximum absolute atomic E-state index is 11.6. The quantitative estimate of drug-likeness (QED) is 0.462. The topological polar surface area (TPSA) is 87.8 Å². The first-order valence-corrected chi connectivity index (χ1v) is 9.90. The van der Waals surface area contributed by atoms with E-state index in [9.17, 15) is 9.90 Å². The molecule has 1 aliphatic heterocycles. The first-order valence-electron chi connectivity index (χ1n) is 9.50. The molecule has 0 bridgehead atoms. The summed E-state index contributed by atoms with van der Waals surface area (Å²) in [6, 6.07) is 16.1. The number of nitrogens with zero attached hydrogens (tertiary/aromatic N) is 2. The molecule has 7 nitrogen and oxygen atoms in total. The number of aromatic nitrogens is 1. The fourth-order valence-electron chi connectivity index (χ4n) is 3.62. The Kier molecular flexibility index (Phi) is 5.78. The molecule has 0 saturated carbocycles. The van der Waals surface area contributed by atoms with E-state index in [1.54, 1.807) is 18.3 Å². The second kappa shape index (κ2) is 8.64. The van der Waals surface area contributed by atoms with Crippen molar-refractivity contribution in [1.82, 2.24) is 15.2 Å². The van der Waals surface area contributed by atoms with Crippen LogP contribution in [0.25, 0.3) is 11.3 Å². The lowest BCUT2D eigenvalue weighted by atomic mass is 10.0. The molecular weight excluding hydrogens is 402 g/mol. The number of thiocarbonyl (C=S) groups is 1. The number of pyridine rings is 1. The van der Waals surface area contributed by atoms with Crippen LogP contribution in [0.1, 0.15) is 33.9 Å². The number of carbonyl (C=O) groups excluding carboxylic acids is 1. The second-order valence-electron chi connectivity index (χ2n) is 6.81. The van der Waals surface area contributed by atoms with E-state index in [1.807, 2.05) is 47.4 Å². The Morgan fingerprint density at radius 3 is 2.70 bits per heavy atom. The van der Waals surface area contributed by atoms with Crippen molar-refractivity contribution in [2.24, 2.45) is 0 Å². The van der Waals surface area contributed by atoms with E-state index in [0.717, 1.165) is 11.3 Å². The molecule has 0 unspecified atom stereocenters. The van der Waals surface area contributed by atoms with Gasteiger partial charge < -0.3 is 24.5 Å². The summed E-state index contributed by atoms with van der Waals surface area (Å²) >= 11 is 5.50. The molecule has 154 valence electrons. The number of furan rings is 1. The lowest BCUT2D eigenvalue weighted by Crippen LogP contribution is -2.32. The lowest BCUT2D eigenvalue weighted by Gasteiger charge is -2.25. The zero-order chi connectivity index (χ0) is 21.1. The van der Waals surface area contributed by atoms with Crippen LogP contribution in [0.15, 0.2) is 65.2 Å². The maximum Gasteiger partial charge on any atom is 0.337 e. The number of benzene rings is 1. The highest BCUT2D eigenvalue weighted by Gasteiger charge is 2.41. The SMILES string of the molecule is COC(=O)c1ccc(-c2ccc([C@@H]3[C@H](c4ccccn4)NC(=S)N3CCO)o2)cc1. The Bertz CT molecular complexity index is 1040. The van der Waals surface area contributed by atoms with Crippen LogP contribution in [0.4, 0.5) is 0 Å². The molecule has 0 spiro atoms. The smallest absolute Gasteiger partial charge is 0.337 e. The van der Waals surface area contributed by atoms with Crippen LogP contribution in [0.3, 0.4) is 0 Å². The molecule has 0 radical (unpaired) electrons. The zero-order valence-corrected chi connectivity index (χ0v) is 17.1. The largest absolute Gasteiger partial charge is 0.465 e. The molecule has 1 aromatic carbocycles. The number of carbonyl (C=O) groups is 1. The molecule has 3 aromatic rings. The average molecular weight is 423 g/mol. The molecule has 0 amide bonds. The van der Waals surface area contributed by atoms with Crippen LogP contribution in [0.5, 0.6) is 0 Å². The van der Waals surface area contributed by atoms with Crippen molar-refractivity contribution in [3.8, 4) is 11.3 Å². The minimum atomic E-state index is -0.384. The third-order valence-electron chi connectivity index (χ3n) is 5.05. The summed E-state index contributed by atoms with van der Waals surface area (Å²) in [7, 11) is 1.35. The number of hydrogen-bond donors (Lipinski definition) is 2. The van der Waals surface area contributed by atoms with E-state index in [2.05, 4.69) is 10.3 Å². The number of rotatable bonds is 6. The van der Waals surface area contributed by atoms with Crippen LogP contribution < -0.4 is 5.32 Å². The van der Waals surface area contributed by atoms with Crippen LogP contribution >= 0.6 is 12.2 Å². The standard InChI is InChI=1S/C22H21N3O4S/c1-28-21(27)15-7-5-14(6-8-15)17-9-10-18(29-17)20-19(16-4-2-3-11-23-16)24-22(30)25(20)12-13-26/h2-11,19-20,26H,12-13H2,1H3,(H,24,30)/t19-,20+/m0/s1. The number of nitrogens with one attached hydrogen (secondary N) is 1. The number of hydrogen-bond acceptors (Lipinski definition) is 6. The van der Waals surface area contributed by atoms with E-state index in [4.69, 9.17) is 21.4 Å². The Hall–Kier alpha value is -3.23. The van der Waals surface area contributed by atoms with Gasteiger partial charge in [0.1, 0.15) is 17.6 Å². The summed E-state index contributed by atoms with van der Waals surface area (Å²) in [5, 5.41) is 13.4. The fraction of sp³-hybridized carbons (Fsp3) is 0.227. The normalized spacial score (nSPS) is 18.3. The number of ether oxygens (including phenoxy) is 1. The summed E-state index contributed by atoms with van der Waals surface area (Å²) in [5.41, 5.74) is 2.15. The third-order valence-corrected chi connectivity index (χ3v) is 5.40. The van der Waals surface area contributed by atoms with Gasteiger partial charge in [-0.15, -0.1) is 0 Å². The van der Waals surface area contributed by atoms with Crippen molar-refractivity contribution >= 4 is 23.3 Å². The molecule has 2 N–H and O–H groups in total. The van der Waals surface area contributed by atoms with Crippen molar-refractivity contribution in [3.05, 3.63) is 77.8 Å². The minimum absolute atomic E-state index is 0.0319. The van der Waals surface area contributed by atoms with Gasteiger partial charge >= 0.3 is 5.97 Å². The molecule has 2 aromatic heterocycles. The van der Waals surface area contributed by atoms with Crippen molar-refractivity contribution in [2.45, 2.75) is 12.1 Å². The first kappa shape index (κ1) is 20.1. The van der Waals surface area contributed by atoms with Crippen LogP contribution in [-0.4, -0.2) is 46.3 Å². The summed E-state index contributed by atoms with van der Waals surface area (Å²) in [6.07, 6.45) is 1.74. The molecule has 8 heteroatoms. The summed E-state index contributed by atoms with van der Waals surface area (Å²) < 4.78 is 10.9. The van der Waals surface area contributed by atoms with Crippen molar-refractivity contribution in [1.29, 1.82) is 0 Å². The van der Waals surface area contributed by atoms with Gasteiger partial charge in [-0.3, -0.25) is 4.98 Å². The highest BCUT2D eigenvalue weighted by Crippen LogP contribution is 2.40. The third kappa shape index (κ3) is 3.79. The lowest BCUT2D eigenvalue weighted by molar-refractivity contribution is 0.0600. The first-order chi connectivity index (χ1) is 14.6. The Morgan fingerprint density at radius 1 is 1.23 bits per heavy atom. The number of methoxy groups -OCH3 is 1. The number of esters is 1. The maximum atomic E-state index is 11.6. The van der Waals surface area contributed by atoms with Gasteiger partial charge in [0.15, 0.2) is 5.11 Å². The fourth-order valence-corrected chi connectivity index (χ4v) is 3.95. The van der Waals surface area contributed by atoms with Gasteiger partial charge in [0.2, 0.25) is 0 Å². The van der Waals surface area contributed by atoms with Crippen molar-refractivity contribution < 1.29 is 19.1 Å². The Labute approximate surface area is 179 Å². The zero-order valence-electron chi connectivity index (χ0n) is 16.3. The number of aliphatic hydroxyl groups excluding tert-OH is 1. The van der Waals surface area contributed by atoms with Gasteiger partial charge in [-0.05, 0) is 48.6 Å². The van der Waals surface area contributed by atoms with Gasteiger partial charge in [-0.2, -0.15) is 0 Å². The molecular formula is C22H21N3O4S. The van der Waals surface area contributed by atoms with E-state index in [0.29, 0.717) is 28.7 Å². The van der Waals surface area contributed by atoms with Gasteiger partial charge in [0, 0.05) is 18.3 Å². The average Bonchev–Trinajstić information content (AvgIpc) is 3.39. The second-order valence-corrected chi connectivity index (χ2v) is 7.20. The molecule has 1 fully saturated rings. The van der Waals surface area contributed by atoms with Crippen molar-refractivity contribution in [3.63, 3.8) is 0 Å². The van der Waals surface area contributed by atoms with Gasteiger partial charge in [-0.25, -0.2) is 4.79 Å². The highest BCUT2D eigenvalue weighted by molar-refractivity contribution is 7.80. The molecule has 4 rings (SSSR count). The van der Waals surface area contributed by atoms with E-state index in [-0.39, 0.29) is 24.7 Å². The highest BCUT2D eigenvalue weighted by atomic mass is 32.1. The van der Waals surface area contributed by atoms with Crippen LogP contribution in [-0.2, 0) is 4.74 Å². The van der Waals surface area contributed by atoms with Crippen LogP contribution in [0, 0.1) is 0 Å². The summed E-state index contributed by atoms with van der Waals surface area (Å²) in [4.78, 5) is 18.0. The van der Waals surface area contributed by atoms with E-state index >= 15 is 0 Å². The molecule has 1 aliphatic rings. The molecule has 1 saturated heterocycles.